The molecule has 3 rings (SSSR count). The van der Waals surface area contributed by atoms with E-state index < -0.39 is 0 Å². The van der Waals surface area contributed by atoms with Crippen molar-refractivity contribution in [3.8, 4) is 28.7 Å². The maximum atomic E-state index is 12.8. The lowest BCUT2D eigenvalue weighted by Gasteiger charge is -2.14. The summed E-state index contributed by atoms with van der Waals surface area (Å²) in [6.45, 7) is 0.324. The molecule has 34 heavy (non-hydrogen) atoms. The fourth-order valence-corrected chi connectivity index (χ4v) is 4.04. The van der Waals surface area contributed by atoms with E-state index in [-0.39, 0.29) is 5.78 Å². The lowest BCUT2D eigenvalue weighted by Crippen LogP contribution is -2.01. The summed E-state index contributed by atoms with van der Waals surface area (Å²) in [5.74, 6) is 2.09. The summed E-state index contributed by atoms with van der Waals surface area (Å²) in [4.78, 5) is 12.8. The van der Waals surface area contributed by atoms with E-state index in [1.165, 1.54) is 27.4 Å². The van der Waals surface area contributed by atoms with Crippen molar-refractivity contribution in [3.05, 3.63) is 80.8 Å². The van der Waals surface area contributed by atoms with Crippen LogP contribution >= 0.6 is 27.5 Å². The maximum Gasteiger partial charge on any atom is 0.203 e. The van der Waals surface area contributed by atoms with Crippen molar-refractivity contribution >= 4 is 39.4 Å². The van der Waals surface area contributed by atoms with Gasteiger partial charge in [0, 0.05) is 10.6 Å². The molecule has 0 fully saturated rings. The second-order valence-corrected chi connectivity index (χ2v) is 8.36. The van der Waals surface area contributed by atoms with Gasteiger partial charge in [-0.2, -0.15) is 0 Å². The van der Waals surface area contributed by atoms with E-state index in [0.717, 1.165) is 11.1 Å². The molecular weight excluding hydrogens is 524 g/mol. The number of ketones is 1. The van der Waals surface area contributed by atoms with Gasteiger partial charge in [-0.1, -0.05) is 29.8 Å². The molecule has 0 unspecified atom stereocenters. The number of benzene rings is 3. The third-order valence-electron chi connectivity index (χ3n) is 4.90. The van der Waals surface area contributed by atoms with Crippen LogP contribution in [-0.2, 0) is 6.61 Å². The average molecular weight is 548 g/mol. The van der Waals surface area contributed by atoms with E-state index in [2.05, 4.69) is 15.9 Å². The number of methoxy groups -OCH3 is 4. The van der Waals surface area contributed by atoms with Crippen LogP contribution < -0.4 is 23.7 Å². The Morgan fingerprint density at radius 2 is 1.53 bits per heavy atom. The van der Waals surface area contributed by atoms with Gasteiger partial charge in [0.05, 0.1) is 32.9 Å². The SMILES string of the molecule is COc1cc(C=CC(=O)c2cc(OC)c(OC)c(OC)c2)cc(Br)c1OCc1cccc(Cl)c1. The molecule has 0 aliphatic carbocycles. The Balaban J connectivity index is 1.82. The number of rotatable bonds is 10. The summed E-state index contributed by atoms with van der Waals surface area (Å²) in [6, 6.07) is 14.3. The minimum absolute atomic E-state index is 0.226. The Morgan fingerprint density at radius 1 is 0.882 bits per heavy atom. The summed E-state index contributed by atoms with van der Waals surface area (Å²) >= 11 is 9.58. The van der Waals surface area contributed by atoms with Crippen LogP contribution in [0.2, 0.25) is 5.02 Å². The summed E-state index contributed by atoms with van der Waals surface area (Å²) in [6.07, 6.45) is 3.16. The predicted molar refractivity (Wildman–Crippen MR) is 136 cm³/mol. The van der Waals surface area contributed by atoms with E-state index in [1.807, 2.05) is 30.3 Å². The molecule has 0 aliphatic heterocycles. The Morgan fingerprint density at radius 3 is 2.12 bits per heavy atom. The molecule has 3 aromatic carbocycles. The molecule has 0 heterocycles. The van der Waals surface area contributed by atoms with Gasteiger partial charge in [-0.25, -0.2) is 0 Å². The van der Waals surface area contributed by atoms with Gasteiger partial charge >= 0.3 is 0 Å². The van der Waals surface area contributed by atoms with Gasteiger partial charge in [-0.05, 0) is 69.5 Å². The van der Waals surface area contributed by atoms with Crippen LogP contribution in [0, 0.1) is 0 Å². The molecule has 0 saturated carbocycles. The van der Waals surface area contributed by atoms with Gasteiger partial charge in [-0.3, -0.25) is 4.79 Å². The van der Waals surface area contributed by atoms with Crippen LogP contribution in [0.15, 0.2) is 59.1 Å². The molecule has 3 aromatic rings. The number of ether oxygens (including phenoxy) is 5. The van der Waals surface area contributed by atoms with Crippen molar-refractivity contribution in [3.63, 3.8) is 0 Å². The van der Waals surface area contributed by atoms with E-state index in [1.54, 1.807) is 31.4 Å². The van der Waals surface area contributed by atoms with Gasteiger partial charge in [0.1, 0.15) is 6.61 Å². The molecular formula is C26H24BrClO6. The summed E-state index contributed by atoms with van der Waals surface area (Å²) in [5.41, 5.74) is 2.08. The van der Waals surface area contributed by atoms with Gasteiger partial charge in [0.2, 0.25) is 5.75 Å². The van der Waals surface area contributed by atoms with E-state index >= 15 is 0 Å². The normalized spacial score (nSPS) is 10.8. The second-order valence-electron chi connectivity index (χ2n) is 7.06. The smallest absolute Gasteiger partial charge is 0.203 e. The zero-order valence-electron chi connectivity index (χ0n) is 19.2. The third kappa shape index (κ3) is 6.04. The van der Waals surface area contributed by atoms with Gasteiger partial charge in [0.25, 0.3) is 0 Å². The van der Waals surface area contributed by atoms with Crippen molar-refractivity contribution in [1.82, 2.24) is 0 Å². The molecule has 8 heteroatoms. The molecule has 178 valence electrons. The number of carbonyl (C=O) groups excluding carboxylic acids is 1. The minimum atomic E-state index is -0.226. The highest BCUT2D eigenvalue weighted by Gasteiger charge is 2.16. The summed E-state index contributed by atoms with van der Waals surface area (Å²) in [7, 11) is 6.07. The van der Waals surface area contributed by atoms with Crippen molar-refractivity contribution in [2.75, 3.05) is 28.4 Å². The van der Waals surface area contributed by atoms with E-state index in [9.17, 15) is 4.79 Å². The number of carbonyl (C=O) groups is 1. The van der Waals surface area contributed by atoms with E-state index in [0.29, 0.717) is 50.4 Å². The molecule has 6 nitrogen and oxygen atoms in total. The second kappa shape index (κ2) is 11.8. The molecule has 0 aromatic heterocycles. The monoisotopic (exact) mass is 546 g/mol. The molecule has 0 saturated heterocycles. The number of allylic oxidation sites excluding steroid dienone is 1. The van der Waals surface area contributed by atoms with Crippen molar-refractivity contribution in [1.29, 1.82) is 0 Å². The zero-order valence-corrected chi connectivity index (χ0v) is 21.5. The molecule has 0 amide bonds. The molecule has 0 aliphatic rings. The standard InChI is InChI=1S/C26H24BrClO6/c1-30-22-12-16(11-20(27)25(22)34-15-17-6-5-7-19(28)10-17)8-9-21(29)18-13-23(31-2)26(33-4)24(14-18)32-3/h5-14H,15H2,1-4H3. The molecule has 0 bridgehead atoms. The quantitative estimate of drug-likeness (QED) is 0.210. The lowest BCUT2D eigenvalue weighted by molar-refractivity contribution is 0.104. The predicted octanol–water partition coefficient (Wildman–Crippen LogP) is 6.61. The molecule has 0 atom stereocenters. The number of halogens is 2. The highest BCUT2D eigenvalue weighted by atomic mass is 79.9. The average Bonchev–Trinajstić information content (AvgIpc) is 2.85. The highest BCUT2D eigenvalue weighted by Crippen LogP contribution is 2.39. The highest BCUT2D eigenvalue weighted by molar-refractivity contribution is 9.10. The van der Waals surface area contributed by atoms with E-state index in [4.69, 9.17) is 35.3 Å². The molecule has 0 spiro atoms. The first-order valence-corrected chi connectivity index (χ1v) is 11.3. The summed E-state index contributed by atoms with van der Waals surface area (Å²) in [5, 5.41) is 0.643. The Hall–Kier alpha value is -3.16. The first-order valence-electron chi connectivity index (χ1n) is 10.2. The van der Waals surface area contributed by atoms with Crippen molar-refractivity contribution in [2.24, 2.45) is 0 Å². The fraction of sp³-hybridized carbons (Fsp3) is 0.192. The molecule has 0 radical (unpaired) electrons. The van der Waals surface area contributed by atoms with Crippen LogP contribution in [0.1, 0.15) is 21.5 Å². The third-order valence-corrected chi connectivity index (χ3v) is 5.72. The fourth-order valence-electron chi connectivity index (χ4n) is 3.25. The van der Waals surface area contributed by atoms with Gasteiger partial charge < -0.3 is 23.7 Å². The van der Waals surface area contributed by atoms with Crippen molar-refractivity contribution in [2.45, 2.75) is 6.61 Å². The van der Waals surface area contributed by atoms with Gasteiger partial charge in [0.15, 0.2) is 28.8 Å². The number of hydrogen-bond acceptors (Lipinski definition) is 6. The van der Waals surface area contributed by atoms with Gasteiger partial charge in [-0.15, -0.1) is 0 Å². The summed E-state index contributed by atoms with van der Waals surface area (Å²) < 4.78 is 28.1. The minimum Gasteiger partial charge on any atom is -0.493 e. The topological polar surface area (TPSA) is 63.2 Å². The zero-order chi connectivity index (χ0) is 24.7. The lowest BCUT2D eigenvalue weighted by atomic mass is 10.1. The first kappa shape index (κ1) is 25.5. The maximum absolute atomic E-state index is 12.8. The van der Waals surface area contributed by atoms with Crippen LogP contribution in [0.25, 0.3) is 6.08 Å². The van der Waals surface area contributed by atoms with Crippen LogP contribution in [0.4, 0.5) is 0 Å². The first-order chi connectivity index (χ1) is 16.4. The molecule has 0 N–H and O–H groups in total. The van der Waals surface area contributed by atoms with Crippen LogP contribution in [-0.4, -0.2) is 34.2 Å². The number of hydrogen-bond donors (Lipinski definition) is 0. The Bertz CT molecular complexity index is 1180. The Kier molecular flexibility index (Phi) is 8.85. The Labute approximate surface area is 212 Å². The van der Waals surface area contributed by atoms with Crippen LogP contribution in [0.5, 0.6) is 28.7 Å². The largest absolute Gasteiger partial charge is 0.493 e. The van der Waals surface area contributed by atoms with Crippen LogP contribution in [0.3, 0.4) is 0 Å². The van der Waals surface area contributed by atoms with Crippen molar-refractivity contribution < 1.29 is 28.5 Å².